The van der Waals surface area contributed by atoms with Crippen molar-refractivity contribution in [3.05, 3.63) is 41.2 Å². The number of piperidine rings is 1. The van der Waals surface area contributed by atoms with Crippen molar-refractivity contribution in [3.8, 4) is 11.1 Å². The molecule has 3 nitrogen and oxygen atoms in total. The summed E-state index contributed by atoms with van der Waals surface area (Å²) >= 11 is 0. The van der Waals surface area contributed by atoms with Gasteiger partial charge in [0.2, 0.25) is 0 Å². The van der Waals surface area contributed by atoms with Gasteiger partial charge in [0.15, 0.2) is 0 Å². The molecule has 2 heterocycles. The van der Waals surface area contributed by atoms with Gasteiger partial charge in [0.25, 0.3) is 0 Å². The number of rotatable bonds is 2. The van der Waals surface area contributed by atoms with Crippen molar-refractivity contribution >= 4 is 0 Å². The van der Waals surface area contributed by atoms with Gasteiger partial charge >= 0.3 is 0 Å². The number of benzene rings is 1. The fourth-order valence-electron chi connectivity index (χ4n) is 3.43. The first-order chi connectivity index (χ1) is 9.68. The SMILES string of the molecule is Cc1ccccc1-c1c(C)nn(C)c1C1CCNCC1. The maximum absolute atomic E-state index is 4.70. The Morgan fingerprint density at radius 1 is 1.15 bits per heavy atom. The third-order valence-electron chi connectivity index (χ3n) is 4.41. The second-order valence-electron chi connectivity index (χ2n) is 5.81. The maximum Gasteiger partial charge on any atom is 0.0675 e. The third kappa shape index (κ3) is 2.27. The van der Waals surface area contributed by atoms with E-state index in [9.17, 15) is 0 Å². The lowest BCUT2D eigenvalue weighted by atomic mass is 9.88. The predicted octanol–water partition coefficient (Wildman–Crippen LogP) is 3.17. The third-order valence-corrected chi connectivity index (χ3v) is 4.41. The summed E-state index contributed by atoms with van der Waals surface area (Å²) in [7, 11) is 2.09. The predicted molar refractivity (Wildman–Crippen MR) is 83.0 cm³/mol. The van der Waals surface area contributed by atoms with Gasteiger partial charge in [-0.05, 0) is 50.9 Å². The molecule has 0 amide bonds. The molecule has 0 radical (unpaired) electrons. The van der Waals surface area contributed by atoms with Gasteiger partial charge in [0, 0.05) is 24.2 Å². The zero-order chi connectivity index (χ0) is 14.1. The minimum absolute atomic E-state index is 0.622. The Morgan fingerprint density at radius 2 is 1.85 bits per heavy atom. The molecule has 20 heavy (non-hydrogen) atoms. The number of hydrogen-bond acceptors (Lipinski definition) is 2. The molecule has 2 aromatic rings. The summed E-state index contributed by atoms with van der Waals surface area (Å²) in [6.45, 7) is 6.55. The number of hydrogen-bond donors (Lipinski definition) is 1. The average molecular weight is 269 g/mol. The van der Waals surface area contributed by atoms with Crippen LogP contribution in [0.25, 0.3) is 11.1 Å². The molecule has 0 atom stereocenters. The fourth-order valence-corrected chi connectivity index (χ4v) is 3.43. The molecule has 1 fully saturated rings. The molecule has 0 bridgehead atoms. The van der Waals surface area contributed by atoms with Crippen molar-refractivity contribution in [1.82, 2.24) is 15.1 Å². The molecular formula is C17H23N3. The van der Waals surface area contributed by atoms with Gasteiger partial charge in [-0.25, -0.2) is 0 Å². The smallest absolute Gasteiger partial charge is 0.0675 e. The highest BCUT2D eigenvalue weighted by molar-refractivity contribution is 5.72. The van der Waals surface area contributed by atoms with Crippen molar-refractivity contribution < 1.29 is 0 Å². The van der Waals surface area contributed by atoms with Gasteiger partial charge in [-0.2, -0.15) is 5.10 Å². The summed E-state index contributed by atoms with van der Waals surface area (Å²) in [5, 5.41) is 8.15. The average Bonchev–Trinajstić information content (AvgIpc) is 2.75. The first-order valence-electron chi connectivity index (χ1n) is 7.48. The molecule has 0 unspecified atom stereocenters. The summed E-state index contributed by atoms with van der Waals surface area (Å²) < 4.78 is 2.10. The second kappa shape index (κ2) is 5.41. The van der Waals surface area contributed by atoms with Crippen LogP contribution in [0.4, 0.5) is 0 Å². The van der Waals surface area contributed by atoms with E-state index in [1.807, 2.05) is 0 Å². The number of aromatic nitrogens is 2. The Labute approximate surface area is 121 Å². The van der Waals surface area contributed by atoms with E-state index in [4.69, 9.17) is 5.10 Å². The van der Waals surface area contributed by atoms with Crippen molar-refractivity contribution in [1.29, 1.82) is 0 Å². The Morgan fingerprint density at radius 3 is 2.55 bits per heavy atom. The quantitative estimate of drug-likeness (QED) is 0.907. The monoisotopic (exact) mass is 269 g/mol. The van der Waals surface area contributed by atoms with Crippen molar-refractivity contribution in [2.24, 2.45) is 7.05 Å². The van der Waals surface area contributed by atoms with E-state index in [0.29, 0.717) is 5.92 Å². The van der Waals surface area contributed by atoms with Crippen molar-refractivity contribution in [2.75, 3.05) is 13.1 Å². The lowest BCUT2D eigenvalue weighted by Gasteiger charge is -2.24. The fraction of sp³-hybridized carbons (Fsp3) is 0.471. The van der Waals surface area contributed by atoms with Crippen LogP contribution in [-0.4, -0.2) is 22.9 Å². The second-order valence-corrected chi connectivity index (χ2v) is 5.81. The van der Waals surface area contributed by atoms with Gasteiger partial charge in [-0.1, -0.05) is 24.3 Å². The molecule has 0 spiro atoms. The first kappa shape index (κ1) is 13.4. The Kier molecular flexibility index (Phi) is 3.62. The first-order valence-corrected chi connectivity index (χ1v) is 7.48. The van der Waals surface area contributed by atoms with Crippen LogP contribution in [0.1, 0.15) is 35.7 Å². The highest BCUT2D eigenvalue weighted by Crippen LogP contribution is 2.37. The highest BCUT2D eigenvalue weighted by atomic mass is 15.3. The van der Waals surface area contributed by atoms with Gasteiger partial charge in [0.1, 0.15) is 0 Å². The molecule has 1 aromatic heterocycles. The summed E-state index contributed by atoms with van der Waals surface area (Å²) in [6.07, 6.45) is 2.41. The van der Waals surface area contributed by atoms with Gasteiger partial charge in [-0.3, -0.25) is 4.68 Å². The van der Waals surface area contributed by atoms with E-state index in [0.717, 1.165) is 18.8 Å². The Balaban J connectivity index is 2.13. The van der Waals surface area contributed by atoms with Crippen LogP contribution in [0.15, 0.2) is 24.3 Å². The maximum atomic E-state index is 4.70. The van der Waals surface area contributed by atoms with Crippen LogP contribution in [0, 0.1) is 13.8 Å². The molecule has 1 aromatic carbocycles. The van der Waals surface area contributed by atoms with Crippen LogP contribution in [-0.2, 0) is 7.05 Å². The van der Waals surface area contributed by atoms with Crippen molar-refractivity contribution in [2.45, 2.75) is 32.6 Å². The van der Waals surface area contributed by atoms with Crippen LogP contribution in [0.2, 0.25) is 0 Å². The van der Waals surface area contributed by atoms with E-state index in [-0.39, 0.29) is 0 Å². The zero-order valence-corrected chi connectivity index (χ0v) is 12.6. The normalized spacial score (nSPS) is 16.6. The summed E-state index contributed by atoms with van der Waals surface area (Å²) in [6, 6.07) is 8.65. The van der Waals surface area contributed by atoms with E-state index >= 15 is 0 Å². The van der Waals surface area contributed by atoms with Gasteiger partial charge in [-0.15, -0.1) is 0 Å². The molecule has 106 valence electrons. The largest absolute Gasteiger partial charge is 0.317 e. The number of nitrogens with one attached hydrogen (secondary N) is 1. The lowest BCUT2D eigenvalue weighted by Crippen LogP contribution is -2.27. The number of aryl methyl sites for hydroxylation is 3. The Hall–Kier alpha value is -1.61. The molecule has 0 aliphatic carbocycles. The lowest BCUT2D eigenvalue weighted by molar-refractivity contribution is 0.440. The molecule has 1 aliphatic heterocycles. The Bertz CT molecular complexity index is 607. The van der Waals surface area contributed by atoms with Gasteiger partial charge in [0.05, 0.1) is 5.69 Å². The molecule has 3 heteroatoms. The van der Waals surface area contributed by atoms with Crippen LogP contribution in [0.5, 0.6) is 0 Å². The topological polar surface area (TPSA) is 29.9 Å². The molecule has 1 saturated heterocycles. The molecule has 3 rings (SSSR count). The minimum Gasteiger partial charge on any atom is -0.317 e. The minimum atomic E-state index is 0.622. The molecule has 0 saturated carbocycles. The molecular weight excluding hydrogens is 246 g/mol. The van der Waals surface area contributed by atoms with E-state index in [2.05, 4.69) is 55.2 Å². The van der Waals surface area contributed by atoms with Crippen LogP contribution in [0.3, 0.4) is 0 Å². The van der Waals surface area contributed by atoms with Crippen LogP contribution < -0.4 is 5.32 Å². The molecule has 1 N–H and O–H groups in total. The standard InChI is InChI=1S/C17H23N3/c1-12-6-4-5-7-15(12)16-13(2)19-20(3)17(16)14-8-10-18-11-9-14/h4-7,14,18H,8-11H2,1-3H3. The van der Waals surface area contributed by atoms with Crippen LogP contribution >= 0.6 is 0 Å². The van der Waals surface area contributed by atoms with E-state index < -0.39 is 0 Å². The van der Waals surface area contributed by atoms with E-state index in [1.165, 1.54) is 35.2 Å². The highest BCUT2D eigenvalue weighted by Gasteiger charge is 2.25. The number of nitrogens with zero attached hydrogens (tertiary/aromatic N) is 2. The van der Waals surface area contributed by atoms with Gasteiger partial charge < -0.3 is 5.32 Å². The molecule has 1 aliphatic rings. The summed E-state index contributed by atoms with van der Waals surface area (Å²) in [4.78, 5) is 0. The zero-order valence-electron chi connectivity index (χ0n) is 12.6. The summed E-state index contributed by atoms with van der Waals surface area (Å²) in [5.74, 6) is 0.622. The van der Waals surface area contributed by atoms with E-state index in [1.54, 1.807) is 0 Å². The van der Waals surface area contributed by atoms with Crippen molar-refractivity contribution in [3.63, 3.8) is 0 Å². The summed E-state index contributed by atoms with van der Waals surface area (Å²) in [5.41, 5.74) is 6.59.